The van der Waals surface area contributed by atoms with Crippen LogP contribution in [0.1, 0.15) is 5.56 Å². The van der Waals surface area contributed by atoms with Gasteiger partial charge in [0.15, 0.2) is 5.03 Å². The largest absolute Gasteiger partial charge is 0.480 e. The molecule has 0 saturated carbocycles. The SMILES string of the molecule is COc1ccc(S(=O)(=O)c2sc3ccc(Cl)cc3c2C)nn1. The maximum absolute atomic E-state index is 12.7. The van der Waals surface area contributed by atoms with E-state index >= 15 is 0 Å². The van der Waals surface area contributed by atoms with Crippen LogP contribution in [0.4, 0.5) is 0 Å². The van der Waals surface area contributed by atoms with Crippen LogP contribution in [-0.4, -0.2) is 25.7 Å². The monoisotopic (exact) mass is 354 g/mol. The average molecular weight is 355 g/mol. The maximum Gasteiger partial charge on any atom is 0.235 e. The molecule has 0 aliphatic heterocycles. The molecule has 3 rings (SSSR count). The molecule has 2 heterocycles. The fourth-order valence-corrected chi connectivity index (χ4v) is 5.24. The number of halogens is 1. The number of ether oxygens (including phenoxy) is 1. The van der Waals surface area contributed by atoms with Crippen LogP contribution in [0.5, 0.6) is 5.88 Å². The molecule has 0 bridgehead atoms. The number of hydrogen-bond acceptors (Lipinski definition) is 6. The Bertz CT molecular complexity index is 950. The van der Waals surface area contributed by atoms with Gasteiger partial charge in [0.05, 0.1) is 7.11 Å². The van der Waals surface area contributed by atoms with Gasteiger partial charge in [-0.25, -0.2) is 8.42 Å². The minimum atomic E-state index is -3.72. The molecule has 2 aromatic heterocycles. The summed E-state index contributed by atoms with van der Waals surface area (Å²) in [6, 6.07) is 8.18. The summed E-state index contributed by atoms with van der Waals surface area (Å²) in [6.45, 7) is 1.76. The van der Waals surface area contributed by atoms with Gasteiger partial charge in [-0.2, -0.15) is 0 Å². The van der Waals surface area contributed by atoms with Crippen molar-refractivity contribution in [1.29, 1.82) is 0 Å². The topological polar surface area (TPSA) is 69.2 Å². The van der Waals surface area contributed by atoms with E-state index in [-0.39, 0.29) is 15.1 Å². The lowest BCUT2D eigenvalue weighted by atomic mass is 10.2. The minimum Gasteiger partial charge on any atom is -0.480 e. The molecule has 3 aromatic rings. The summed E-state index contributed by atoms with van der Waals surface area (Å²) in [4.78, 5) is 0. The maximum atomic E-state index is 12.7. The molecule has 0 radical (unpaired) electrons. The predicted octanol–water partition coefficient (Wildman–Crippen LogP) is 3.49. The van der Waals surface area contributed by atoms with Gasteiger partial charge in [0.1, 0.15) is 4.21 Å². The van der Waals surface area contributed by atoms with Crippen molar-refractivity contribution < 1.29 is 13.2 Å². The number of nitrogens with zero attached hydrogens (tertiary/aromatic N) is 2. The van der Waals surface area contributed by atoms with Crippen LogP contribution in [0.15, 0.2) is 39.6 Å². The third-order valence-electron chi connectivity index (χ3n) is 3.20. The molecule has 1 aromatic carbocycles. The Morgan fingerprint density at radius 1 is 1.18 bits per heavy atom. The summed E-state index contributed by atoms with van der Waals surface area (Å²) in [5.41, 5.74) is 0.667. The van der Waals surface area contributed by atoms with E-state index in [2.05, 4.69) is 10.2 Å². The van der Waals surface area contributed by atoms with Gasteiger partial charge in [-0.1, -0.05) is 11.6 Å². The van der Waals surface area contributed by atoms with Gasteiger partial charge in [-0.05, 0) is 42.1 Å². The first-order valence-electron chi connectivity index (χ1n) is 6.25. The van der Waals surface area contributed by atoms with E-state index in [9.17, 15) is 8.42 Å². The number of aromatic nitrogens is 2. The third kappa shape index (κ3) is 2.45. The Hall–Kier alpha value is -1.70. The number of hydrogen-bond donors (Lipinski definition) is 0. The average Bonchev–Trinajstić information content (AvgIpc) is 2.85. The van der Waals surface area contributed by atoms with E-state index in [0.29, 0.717) is 10.6 Å². The first-order chi connectivity index (χ1) is 10.4. The summed E-state index contributed by atoms with van der Waals surface area (Å²) < 4.78 is 31.5. The van der Waals surface area contributed by atoms with Crippen molar-refractivity contribution in [2.45, 2.75) is 16.2 Å². The van der Waals surface area contributed by atoms with Crippen LogP contribution in [-0.2, 0) is 9.84 Å². The van der Waals surface area contributed by atoms with Crippen LogP contribution in [0.25, 0.3) is 10.1 Å². The summed E-state index contributed by atoms with van der Waals surface area (Å²) in [6.07, 6.45) is 0. The van der Waals surface area contributed by atoms with Gasteiger partial charge in [0, 0.05) is 15.8 Å². The lowest BCUT2D eigenvalue weighted by Gasteiger charge is -2.03. The predicted molar refractivity (Wildman–Crippen MR) is 85.6 cm³/mol. The van der Waals surface area contributed by atoms with Crippen molar-refractivity contribution >= 4 is 42.9 Å². The molecule has 114 valence electrons. The van der Waals surface area contributed by atoms with E-state index < -0.39 is 9.84 Å². The van der Waals surface area contributed by atoms with Crippen molar-refractivity contribution in [3.63, 3.8) is 0 Å². The highest BCUT2D eigenvalue weighted by molar-refractivity contribution is 7.93. The molecular weight excluding hydrogens is 344 g/mol. The minimum absolute atomic E-state index is 0.103. The molecule has 0 fully saturated rings. The normalized spacial score (nSPS) is 11.8. The van der Waals surface area contributed by atoms with Crippen LogP contribution in [0.2, 0.25) is 5.02 Å². The Labute approximate surface area is 136 Å². The van der Waals surface area contributed by atoms with E-state index in [1.165, 1.54) is 30.6 Å². The van der Waals surface area contributed by atoms with Crippen LogP contribution < -0.4 is 4.74 Å². The fraction of sp³-hybridized carbons (Fsp3) is 0.143. The number of benzene rings is 1. The molecule has 0 atom stereocenters. The van der Waals surface area contributed by atoms with Crippen molar-refractivity contribution in [3.05, 3.63) is 40.9 Å². The zero-order chi connectivity index (χ0) is 15.9. The van der Waals surface area contributed by atoms with Gasteiger partial charge in [0.25, 0.3) is 0 Å². The van der Waals surface area contributed by atoms with E-state index in [4.69, 9.17) is 16.3 Å². The second-order valence-corrected chi connectivity index (χ2v) is 8.15. The first-order valence-corrected chi connectivity index (χ1v) is 8.92. The molecule has 0 spiro atoms. The van der Waals surface area contributed by atoms with E-state index in [1.807, 2.05) is 6.07 Å². The smallest absolute Gasteiger partial charge is 0.235 e. The van der Waals surface area contributed by atoms with Crippen molar-refractivity contribution in [3.8, 4) is 5.88 Å². The quantitative estimate of drug-likeness (QED) is 0.720. The molecule has 0 aliphatic rings. The van der Waals surface area contributed by atoms with Crippen molar-refractivity contribution in [2.24, 2.45) is 0 Å². The standard InChI is InChI=1S/C14H11ClN2O3S2/c1-8-10-7-9(15)3-4-11(10)21-14(8)22(18,19)13-6-5-12(20-2)16-17-13/h3-7H,1-2H3. The molecule has 5 nitrogen and oxygen atoms in total. The highest BCUT2D eigenvalue weighted by Gasteiger charge is 2.26. The van der Waals surface area contributed by atoms with Gasteiger partial charge in [0.2, 0.25) is 15.7 Å². The molecule has 22 heavy (non-hydrogen) atoms. The second-order valence-electron chi connectivity index (χ2n) is 4.57. The highest BCUT2D eigenvalue weighted by Crippen LogP contribution is 2.37. The van der Waals surface area contributed by atoms with Crippen LogP contribution in [0.3, 0.4) is 0 Å². The van der Waals surface area contributed by atoms with Gasteiger partial charge >= 0.3 is 0 Å². The Morgan fingerprint density at radius 3 is 2.59 bits per heavy atom. The van der Waals surface area contributed by atoms with Crippen molar-refractivity contribution in [2.75, 3.05) is 7.11 Å². The number of sulfone groups is 1. The summed E-state index contributed by atoms with van der Waals surface area (Å²) in [5.74, 6) is 0.263. The molecule has 0 N–H and O–H groups in total. The molecule has 0 aliphatic carbocycles. The summed E-state index contributed by atoms with van der Waals surface area (Å²) >= 11 is 7.18. The number of thiophene rings is 1. The lowest BCUT2D eigenvalue weighted by Crippen LogP contribution is -2.05. The molecule has 8 heteroatoms. The van der Waals surface area contributed by atoms with E-state index in [1.54, 1.807) is 19.1 Å². The Kier molecular flexibility index (Phi) is 3.80. The number of methoxy groups -OCH3 is 1. The number of aryl methyl sites for hydroxylation is 1. The number of fused-ring (bicyclic) bond motifs is 1. The zero-order valence-corrected chi connectivity index (χ0v) is 14.1. The fourth-order valence-electron chi connectivity index (χ4n) is 2.08. The summed E-state index contributed by atoms with van der Waals surface area (Å²) in [7, 11) is -2.28. The Morgan fingerprint density at radius 2 is 1.95 bits per heavy atom. The second kappa shape index (κ2) is 5.49. The molecular formula is C14H11ClN2O3S2. The first kappa shape index (κ1) is 15.2. The van der Waals surface area contributed by atoms with Crippen LogP contribution >= 0.6 is 22.9 Å². The summed E-state index contributed by atoms with van der Waals surface area (Å²) in [5, 5.41) is 8.76. The zero-order valence-electron chi connectivity index (χ0n) is 11.7. The van der Waals surface area contributed by atoms with Gasteiger partial charge in [-0.3, -0.25) is 0 Å². The van der Waals surface area contributed by atoms with Crippen molar-refractivity contribution in [1.82, 2.24) is 10.2 Å². The van der Waals surface area contributed by atoms with Crippen LogP contribution in [0, 0.1) is 6.92 Å². The highest BCUT2D eigenvalue weighted by atomic mass is 35.5. The Balaban J connectivity index is 2.18. The number of rotatable bonds is 3. The molecule has 0 unspecified atom stereocenters. The third-order valence-corrected chi connectivity index (χ3v) is 6.97. The van der Waals surface area contributed by atoms with Gasteiger partial charge in [-0.15, -0.1) is 21.5 Å². The van der Waals surface area contributed by atoms with Gasteiger partial charge < -0.3 is 4.74 Å². The molecule has 0 saturated heterocycles. The lowest BCUT2D eigenvalue weighted by molar-refractivity contribution is 0.389. The van der Waals surface area contributed by atoms with E-state index in [0.717, 1.165) is 10.1 Å². The molecule has 0 amide bonds.